The number of aliphatic carboxylic acids is 1. The molecule has 0 unspecified atom stereocenters. The molecule has 1 aromatic heterocycles. The highest BCUT2D eigenvalue weighted by molar-refractivity contribution is 7.87. The molecule has 3 aromatic rings. The topological polar surface area (TPSA) is 132 Å². The Hall–Kier alpha value is -4.02. The van der Waals surface area contributed by atoms with Gasteiger partial charge in [0.25, 0.3) is 16.1 Å². The predicted molar refractivity (Wildman–Crippen MR) is 161 cm³/mol. The first-order chi connectivity index (χ1) is 20.4. The van der Waals surface area contributed by atoms with Crippen LogP contribution < -0.4 is 14.9 Å². The Bertz CT molecular complexity index is 1650. The van der Waals surface area contributed by atoms with Gasteiger partial charge in [-0.3, -0.25) is 14.6 Å². The van der Waals surface area contributed by atoms with E-state index in [1.54, 1.807) is 26.0 Å². The first-order valence-corrected chi connectivity index (χ1v) is 15.3. The number of hydrogen-bond donors (Lipinski definition) is 3. The lowest BCUT2D eigenvalue weighted by molar-refractivity contribution is -0.140. The number of pyridine rings is 1. The number of halogens is 2. The highest BCUT2D eigenvalue weighted by Crippen LogP contribution is 2.19. The van der Waals surface area contributed by atoms with Gasteiger partial charge in [-0.2, -0.15) is 17.4 Å². The molecule has 1 aliphatic heterocycles. The Morgan fingerprint density at radius 2 is 1.70 bits per heavy atom. The number of nitrogens with one attached hydrogen (secondary N) is 2. The Labute approximate surface area is 255 Å². The molecule has 0 saturated carbocycles. The van der Waals surface area contributed by atoms with Gasteiger partial charge in [-0.05, 0) is 60.0 Å². The summed E-state index contributed by atoms with van der Waals surface area (Å²) in [6.07, 6.45) is 1.50. The van der Waals surface area contributed by atoms with Crippen LogP contribution in [-0.4, -0.2) is 66.9 Å². The summed E-state index contributed by atoms with van der Waals surface area (Å²) < 4.78 is 42.4. The summed E-state index contributed by atoms with van der Waals surface area (Å²) in [6.45, 7) is 4.79. The Morgan fingerprint density at radius 3 is 2.33 bits per heavy atom. The lowest BCUT2D eigenvalue weighted by Crippen LogP contribution is -2.55. The summed E-state index contributed by atoms with van der Waals surface area (Å²) >= 11 is 5.79. The molecule has 43 heavy (non-hydrogen) atoms. The van der Waals surface area contributed by atoms with Gasteiger partial charge in [-0.25, -0.2) is 4.39 Å². The third-order valence-electron chi connectivity index (χ3n) is 6.80. The average molecular weight is 628 g/mol. The zero-order valence-electron chi connectivity index (χ0n) is 23.5. The summed E-state index contributed by atoms with van der Waals surface area (Å²) in [6, 6.07) is 13.8. The maximum absolute atomic E-state index is 13.3. The normalized spacial score (nSPS) is 14.6. The van der Waals surface area contributed by atoms with Crippen molar-refractivity contribution in [3.63, 3.8) is 0 Å². The largest absolute Gasteiger partial charge is 0.480 e. The predicted octanol–water partition coefficient (Wildman–Crippen LogP) is 3.27. The van der Waals surface area contributed by atoms with Crippen LogP contribution in [0.2, 0.25) is 5.02 Å². The number of carbonyl (C=O) groups excluding carboxylic acids is 1. The first-order valence-electron chi connectivity index (χ1n) is 13.5. The molecule has 1 amide bonds. The van der Waals surface area contributed by atoms with Gasteiger partial charge >= 0.3 is 5.97 Å². The molecule has 2 heterocycles. The van der Waals surface area contributed by atoms with Crippen LogP contribution in [0, 0.1) is 23.6 Å². The van der Waals surface area contributed by atoms with Gasteiger partial charge in [-0.15, -0.1) is 0 Å². The van der Waals surface area contributed by atoms with Crippen LogP contribution in [0.1, 0.15) is 41.0 Å². The zero-order valence-corrected chi connectivity index (χ0v) is 25.1. The van der Waals surface area contributed by atoms with Gasteiger partial charge in [0.2, 0.25) is 0 Å². The third-order valence-corrected chi connectivity index (χ3v) is 8.69. The monoisotopic (exact) mass is 627 g/mol. The number of rotatable bonds is 9. The molecule has 1 saturated heterocycles. The number of aromatic nitrogens is 1. The van der Waals surface area contributed by atoms with Crippen LogP contribution in [0.5, 0.6) is 0 Å². The zero-order chi connectivity index (χ0) is 31.1. The fourth-order valence-electron chi connectivity index (χ4n) is 4.35. The maximum atomic E-state index is 13.3. The number of amides is 1. The molecule has 1 atom stereocenters. The van der Waals surface area contributed by atoms with E-state index in [4.69, 9.17) is 11.6 Å². The standard InChI is InChI=1S/C30H31ClFN5O5S/c1-20(2)28(30(39)40)35-43(41,42)37-15-13-36(14-16-37)24-8-5-21(6-9-24)3-4-22-11-12-33-27(18-22)29(38)34-19-23-7-10-26(32)25(31)17-23/h5-12,17-18,20,28,35H,13-16,19H2,1-2H3,(H,34,38)(H,39,40)/t28-/m1/s1. The molecule has 4 rings (SSSR count). The summed E-state index contributed by atoms with van der Waals surface area (Å²) in [5.41, 5.74) is 3.10. The fourth-order valence-corrected chi connectivity index (χ4v) is 6.04. The van der Waals surface area contributed by atoms with Crippen molar-refractivity contribution in [1.82, 2.24) is 19.3 Å². The summed E-state index contributed by atoms with van der Waals surface area (Å²) in [5.74, 6) is 3.56. The van der Waals surface area contributed by atoms with Crippen molar-refractivity contribution < 1.29 is 27.5 Å². The minimum absolute atomic E-state index is 0.0180. The first kappa shape index (κ1) is 31.9. The second kappa shape index (κ2) is 14.0. The van der Waals surface area contributed by atoms with Crippen molar-refractivity contribution in [2.24, 2.45) is 5.92 Å². The molecule has 0 bridgehead atoms. The molecular weight excluding hydrogens is 597 g/mol. The SMILES string of the molecule is CC(C)[C@@H](NS(=O)(=O)N1CCN(c2ccc(C#Cc3ccnc(C(=O)NCc4ccc(F)c(Cl)c4)c3)cc2)CC1)C(=O)O. The third kappa shape index (κ3) is 8.52. The van der Waals surface area contributed by atoms with Crippen molar-refractivity contribution in [2.45, 2.75) is 26.4 Å². The molecule has 0 aliphatic carbocycles. The molecule has 1 aliphatic rings. The van der Waals surface area contributed by atoms with Crippen LogP contribution in [0.3, 0.4) is 0 Å². The lowest BCUT2D eigenvalue weighted by atomic mass is 10.1. The van der Waals surface area contributed by atoms with E-state index in [-0.39, 0.29) is 30.4 Å². The number of piperazine rings is 1. The van der Waals surface area contributed by atoms with E-state index in [1.807, 2.05) is 29.2 Å². The highest BCUT2D eigenvalue weighted by Gasteiger charge is 2.33. The molecule has 2 aromatic carbocycles. The number of hydrogen-bond acceptors (Lipinski definition) is 6. The highest BCUT2D eigenvalue weighted by atomic mass is 35.5. The van der Waals surface area contributed by atoms with Gasteiger partial charge in [0, 0.05) is 55.7 Å². The van der Waals surface area contributed by atoms with Crippen LogP contribution >= 0.6 is 11.6 Å². The molecule has 0 spiro atoms. The van der Waals surface area contributed by atoms with Crippen LogP contribution in [0.25, 0.3) is 0 Å². The minimum atomic E-state index is -3.94. The maximum Gasteiger partial charge on any atom is 0.322 e. The Balaban J connectivity index is 1.32. The number of carboxylic acid groups (broad SMARTS) is 1. The van der Waals surface area contributed by atoms with Crippen LogP contribution in [-0.2, 0) is 21.5 Å². The smallest absolute Gasteiger partial charge is 0.322 e. The Morgan fingerprint density at radius 1 is 1.02 bits per heavy atom. The summed E-state index contributed by atoms with van der Waals surface area (Å²) in [7, 11) is -3.94. The number of nitrogens with zero attached hydrogens (tertiary/aromatic N) is 3. The van der Waals surface area contributed by atoms with E-state index in [1.165, 1.54) is 28.7 Å². The lowest BCUT2D eigenvalue weighted by Gasteiger charge is -2.36. The molecule has 10 nitrogen and oxygen atoms in total. The summed E-state index contributed by atoms with van der Waals surface area (Å²) in [4.78, 5) is 30.1. The molecule has 226 valence electrons. The van der Waals surface area contributed by atoms with E-state index in [2.05, 4.69) is 26.9 Å². The van der Waals surface area contributed by atoms with Gasteiger partial charge in [0.15, 0.2) is 0 Å². The molecule has 0 radical (unpaired) electrons. The number of carboxylic acids is 1. The average Bonchev–Trinajstić information content (AvgIpc) is 2.99. The van der Waals surface area contributed by atoms with E-state index in [9.17, 15) is 27.5 Å². The second-order valence-electron chi connectivity index (χ2n) is 10.2. The molecular formula is C30H31ClFN5O5S. The van der Waals surface area contributed by atoms with Gasteiger partial charge in [0.05, 0.1) is 5.02 Å². The van der Waals surface area contributed by atoms with Crippen molar-refractivity contribution in [1.29, 1.82) is 0 Å². The van der Waals surface area contributed by atoms with E-state index in [0.717, 1.165) is 11.3 Å². The van der Waals surface area contributed by atoms with E-state index < -0.39 is 39.9 Å². The van der Waals surface area contributed by atoms with E-state index in [0.29, 0.717) is 24.2 Å². The molecule has 13 heteroatoms. The molecule has 3 N–H and O–H groups in total. The van der Waals surface area contributed by atoms with Gasteiger partial charge in [0.1, 0.15) is 17.6 Å². The van der Waals surface area contributed by atoms with Crippen LogP contribution in [0.15, 0.2) is 60.8 Å². The van der Waals surface area contributed by atoms with Gasteiger partial charge in [-0.1, -0.05) is 43.4 Å². The quantitative estimate of drug-likeness (QED) is 0.310. The van der Waals surface area contributed by atoms with Crippen molar-refractivity contribution in [2.75, 3.05) is 31.1 Å². The van der Waals surface area contributed by atoms with Crippen molar-refractivity contribution >= 4 is 39.4 Å². The minimum Gasteiger partial charge on any atom is -0.480 e. The fraction of sp³-hybridized carbons (Fsp3) is 0.300. The van der Waals surface area contributed by atoms with E-state index >= 15 is 0 Å². The molecule has 1 fully saturated rings. The second-order valence-corrected chi connectivity index (χ2v) is 12.3. The van der Waals surface area contributed by atoms with Crippen LogP contribution in [0.4, 0.5) is 10.1 Å². The van der Waals surface area contributed by atoms with Gasteiger partial charge < -0.3 is 15.3 Å². The van der Waals surface area contributed by atoms with Crippen molar-refractivity contribution in [3.8, 4) is 11.8 Å². The number of anilines is 1. The summed E-state index contributed by atoms with van der Waals surface area (Å²) in [5, 5.41) is 12.0. The Kier molecular flexibility index (Phi) is 10.4. The number of benzene rings is 2. The van der Waals surface area contributed by atoms with Crippen molar-refractivity contribution in [3.05, 3.63) is 94.0 Å². The number of carbonyl (C=O) groups is 2.